The fourth-order valence-corrected chi connectivity index (χ4v) is 10.0. The topological polar surface area (TPSA) is 223 Å². The number of carbonyl (C=O) groups excluding carboxylic acids is 7. The number of amides is 5. The van der Waals surface area contributed by atoms with E-state index >= 15 is 0 Å². The summed E-state index contributed by atoms with van der Waals surface area (Å²) in [7, 11) is 1.55. The molecule has 5 heterocycles. The molecule has 5 atom stereocenters. The summed E-state index contributed by atoms with van der Waals surface area (Å²) >= 11 is 0. The van der Waals surface area contributed by atoms with Gasteiger partial charge in [-0.2, -0.15) is 0 Å². The van der Waals surface area contributed by atoms with E-state index in [1.807, 2.05) is 25.0 Å². The van der Waals surface area contributed by atoms with Gasteiger partial charge in [0.25, 0.3) is 23.6 Å². The molecule has 0 aliphatic carbocycles. The van der Waals surface area contributed by atoms with Gasteiger partial charge in [-0.05, 0) is 92.7 Å². The molecule has 394 valence electrons. The number of nitrogens with one attached hydrogen (secondary N) is 1. The number of carbonyl (C=O) groups is 7. The molecule has 0 spiro atoms. The molecule has 2 N–H and O–H groups in total. The van der Waals surface area contributed by atoms with Crippen LogP contribution in [0.3, 0.4) is 0 Å². The Kier molecular flexibility index (Phi) is 17.4. The largest absolute Gasteiger partial charge is 0.493 e. The van der Waals surface area contributed by atoms with Crippen LogP contribution in [0.5, 0.6) is 17.2 Å². The van der Waals surface area contributed by atoms with E-state index < -0.39 is 30.2 Å². The number of ether oxygens (including phenoxy) is 5. The Labute approximate surface area is 430 Å². The summed E-state index contributed by atoms with van der Waals surface area (Å²) in [4.78, 5) is 99.8. The second kappa shape index (κ2) is 24.3. The third-order valence-electron chi connectivity index (χ3n) is 14.0. The molecule has 5 amide bonds. The highest BCUT2D eigenvalue weighted by atomic mass is 16.6. The first-order chi connectivity index (χ1) is 35.7. The summed E-state index contributed by atoms with van der Waals surface area (Å²) in [6.45, 7) is 8.35. The molecular weight excluding hydrogens is 953 g/mol. The molecule has 2 saturated heterocycles. The standard InChI is InChI=1S/C55H66N6O13/c1-34-23-39-29-57-44-27-49(48(70-4)26-42(44)52(66)59(39)31-34)73-21-7-5-6-20-72-47-28-45-43(25-36(47)3)53(67)60-32-35(2)24-46(60)54(68)61(45)55(69)74-33-37-10-12-38(13-11-37)56-30-41(63)17-22-71-19-8-9-40(62)16-18-58-50(64)14-15-51(58)65/h10-15,25-29,34-35,39,46,54,56,68H,5-9,16-24,30-33H2,1-4H3/t34?,35?,39-,46-,54-/m0/s1. The molecule has 0 bridgehead atoms. The van der Waals surface area contributed by atoms with Crippen molar-refractivity contribution in [3.05, 3.63) is 82.9 Å². The lowest BCUT2D eigenvalue weighted by Gasteiger charge is -2.31. The van der Waals surface area contributed by atoms with E-state index in [0.29, 0.717) is 110 Å². The number of aliphatic hydroxyl groups excluding tert-OH is 1. The second-order valence-corrected chi connectivity index (χ2v) is 19.8. The Morgan fingerprint density at radius 1 is 0.743 bits per heavy atom. The number of aryl methyl sites for hydroxylation is 1. The van der Waals surface area contributed by atoms with Crippen LogP contribution in [-0.2, 0) is 35.3 Å². The van der Waals surface area contributed by atoms with E-state index in [1.54, 1.807) is 60.5 Å². The van der Waals surface area contributed by atoms with Crippen molar-refractivity contribution in [2.45, 2.75) is 103 Å². The number of Topliss-reactive ketones (excluding diaryl/α,β-unsaturated/α-hetero) is 2. The summed E-state index contributed by atoms with van der Waals surface area (Å²) in [6.07, 6.45) is 6.54. The maximum Gasteiger partial charge on any atom is 0.416 e. The van der Waals surface area contributed by atoms with Gasteiger partial charge in [-0.15, -0.1) is 0 Å². The minimum atomic E-state index is -1.38. The van der Waals surface area contributed by atoms with Crippen LogP contribution in [0.25, 0.3) is 0 Å². The highest BCUT2D eigenvalue weighted by Crippen LogP contribution is 2.41. The van der Waals surface area contributed by atoms with Crippen LogP contribution in [0, 0.1) is 18.8 Å². The fourth-order valence-electron chi connectivity index (χ4n) is 10.0. The summed E-state index contributed by atoms with van der Waals surface area (Å²) in [5.41, 5.74) is 3.56. The van der Waals surface area contributed by atoms with Gasteiger partial charge >= 0.3 is 6.09 Å². The molecular formula is C55H66N6O13. The zero-order valence-corrected chi connectivity index (χ0v) is 42.5. The van der Waals surface area contributed by atoms with Gasteiger partial charge in [0.1, 0.15) is 18.1 Å². The van der Waals surface area contributed by atoms with Gasteiger partial charge in [0.2, 0.25) is 0 Å². The molecule has 5 aliphatic heterocycles. The fraction of sp³-hybridized carbons (Fsp3) is 0.491. The number of fused-ring (bicyclic) bond motifs is 4. The molecule has 2 unspecified atom stereocenters. The minimum absolute atomic E-state index is 0.0194. The molecule has 0 saturated carbocycles. The van der Waals surface area contributed by atoms with E-state index in [9.17, 15) is 38.7 Å². The molecule has 0 radical (unpaired) electrons. The number of hydrogen-bond acceptors (Lipinski definition) is 15. The lowest BCUT2D eigenvalue weighted by Crippen LogP contribution is -2.50. The number of unbranched alkanes of at least 4 members (excludes halogenated alkanes) is 2. The molecule has 74 heavy (non-hydrogen) atoms. The molecule has 0 aromatic heterocycles. The average Bonchev–Trinajstić information content (AvgIpc) is 4.04. The van der Waals surface area contributed by atoms with Crippen molar-refractivity contribution in [2.24, 2.45) is 16.8 Å². The van der Waals surface area contributed by atoms with Crippen molar-refractivity contribution in [2.75, 3.05) is 69.9 Å². The number of nitrogens with zero attached hydrogens (tertiary/aromatic N) is 5. The van der Waals surface area contributed by atoms with Crippen molar-refractivity contribution in [1.82, 2.24) is 14.7 Å². The van der Waals surface area contributed by atoms with E-state index in [1.165, 1.54) is 12.2 Å². The van der Waals surface area contributed by atoms with Gasteiger partial charge in [-0.3, -0.25) is 38.7 Å². The lowest BCUT2D eigenvalue weighted by atomic mass is 10.0. The van der Waals surface area contributed by atoms with Crippen molar-refractivity contribution in [3.8, 4) is 17.2 Å². The van der Waals surface area contributed by atoms with Crippen LogP contribution in [0.2, 0.25) is 0 Å². The Hall–Kier alpha value is -7.12. The van der Waals surface area contributed by atoms with Crippen LogP contribution in [-0.4, -0.2) is 145 Å². The van der Waals surface area contributed by atoms with Gasteiger partial charge < -0.3 is 43.9 Å². The first kappa shape index (κ1) is 53.2. The molecule has 19 nitrogen and oxygen atoms in total. The Bertz CT molecular complexity index is 2650. The Morgan fingerprint density at radius 3 is 2.19 bits per heavy atom. The molecule has 2 fully saturated rings. The molecule has 19 heteroatoms. The number of ketones is 2. The van der Waals surface area contributed by atoms with E-state index in [2.05, 4.69) is 17.2 Å². The van der Waals surface area contributed by atoms with Crippen molar-refractivity contribution < 1.29 is 62.4 Å². The number of anilines is 2. The molecule has 5 aliphatic rings. The first-order valence-corrected chi connectivity index (χ1v) is 25.6. The van der Waals surface area contributed by atoms with Crippen LogP contribution in [0.15, 0.2) is 65.7 Å². The monoisotopic (exact) mass is 1020 g/mol. The van der Waals surface area contributed by atoms with E-state index in [-0.39, 0.29) is 92.2 Å². The number of hydrogen-bond donors (Lipinski definition) is 2. The third kappa shape index (κ3) is 12.6. The number of rotatable bonds is 24. The predicted octanol–water partition coefficient (Wildman–Crippen LogP) is 6.58. The van der Waals surface area contributed by atoms with E-state index in [4.69, 9.17) is 23.7 Å². The van der Waals surface area contributed by atoms with Crippen molar-refractivity contribution in [3.63, 3.8) is 0 Å². The van der Waals surface area contributed by atoms with Gasteiger partial charge in [-0.1, -0.05) is 26.0 Å². The third-order valence-corrected chi connectivity index (χ3v) is 14.0. The average molecular weight is 1020 g/mol. The maximum absolute atomic E-state index is 14.1. The van der Waals surface area contributed by atoms with Crippen LogP contribution in [0.4, 0.5) is 21.9 Å². The van der Waals surface area contributed by atoms with E-state index in [0.717, 1.165) is 22.6 Å². The molecule has 8 rings (SSSR count). The highest BCUT2D eigenvalue weighted by Gasteiger charge is 2.47. The predicted molar refractivity (Wildman–Crippen MR) is 273 cm³/mol. The zero-order valence-electron chi connectivity index (χ0n) is 42.5. The Morgan fingerprint density at radius 2 is 1.45 bits per heavy atom. The SMILES string of the molecule is COc1cc2c(cc1OCCCCCOc1cc3c(cc1C)C(=O)N1CC(C)C[C@H]1[C@H](O)N3C(=O)OCc1ccc(NCC(=O)CCOCCCC(=O)CCN3C(=O)C=CC3=O)cc1)N=C[C@@H]1CC(C)CN1C2=O. The summed E-state index contributed by atoms with van der Waals surface area (Å²) in [5.74, 6) is 0.667. The van der Waals surface area contributed by atoms with Gasteiger partial charge in [-0.25, -0.2) is 9.69 Å². The lowest BCUT2D eigenvalue weighted by molar-refractivity contribution is -0.137. The Balaban J connectivity index is 0.789. The smallest absolute Gasteiger partial charge is 0.416 e. The van der Waals surface area contributed by atoms with Crippen LogP contribution in [0.1, 0.15) is 103 Å². The van der Waals surface area contributed by atoms with Gasteiger partial charge in [0.15, 0.2) is 23.5 Å². The highest BCUT2D eigenvalue weighted by molar-refractivity contribution is 6.13. The number of aliphatic imine (C=N–C) groups is 1. The summed E-state index contributed by atoms with van der Waals surface area (Å²) in [6, 6.07) is 13.2. The van der Waals surface area contributed by atoms with Crippen LogP contribution >= 0.6 is 0 Å². The van der Waals surface area contributed by atoms with Crippen molar-refractivity contribution >= 4 is 64.6 Å². The first-order valence-electron chi connectivity index (χ1n) is 25.6. The number of imide groups is 1. The number of aliphatic hydroxyl groups is 1. The summed E-state index contributed by atoms with van der Waals surface area (Å²) < 4.78 is 29.4. The minimum Gasteiger partial charge on any atom is -0.493 e. The van der Waals surface area contributed by atoms with Gasteiger partial charge in [0.05, 0.1) is 68.1 Å². The molecule has 3 aromatic rings. The second-order valence-electron chi connectivity index (χ2n) is 19.8. The zero-order chi connectivity index (χ0) is 52.5. The van der Waals surface area contributed by atoms with Crippen molar-refractivity contribution in [1.29, 1.82) is 0 Å². The maximum atomic E-state index is 14.1. The number of methoxy groups -OCH3 is 1. The summed E-state index contributed by atoms with van der Waals surface area (Å²) in [5, 5.41) is 14.9. The normalized spacial score (nSPS) is 20.7. The molecule has 3 aromatic carbocycles. The van der Waals surface area contributed by atoms with Crippen LogP contribution < -0.4 is 24.4 Å². The van der Waals surface area contributed by atoms with Gasteiger partial charge in [0, 0.05) is 81.7 Å². The number of benzene rings is 3. The quantitative estimate of drug-likeness (QED) is 0.0715.